The molecule has 1 aliphatic rings. The van der Waals surface area contributed by atoms with Crippen LogP contribution in [-0.4, -0.2) is 50.5 Å². The standard InChI is InChI=1S/C31H29F3N6O3S/c1-2-6-22-8-3-4-9-26(22)40-27(41)19-44-30(40)37-29(42)35-18-5-7-21-10-12-23(13-11-21)28-36-20-39(38-28)24-14-16-25(17-15-24)43-31(32,33)34/h3-4,8-17,20H,2,5-7,18-19H2,1H3,(H,35,42). The maximum Gasteiger partial charge on any atom is 0.573 e. The van der Waals surface area contributed by atoms with Crippen LogP contribution in [0, 0.1) is 0 Å². The summed E-state index contributed by atoms with van der Waals surface area (Å²) in [4.78, 5) is 35.2. The summed E-state index contributed by atoms with van der Waals surface area (Å²) in [6.07, 6.45) is -0.0998. The number of carbonyl (C=O) groups excluding carboxylic acids is 2. The van der Waals surface area contributed by atoms with Gasteiger partial charge in [0.1, 0.15) is 12.1 Å². The Hall–Kier alpha value is -4.65. The number of hydrogen-bond donors (Lipinski definition) is 1. The SMILES string of the molecule is CCCc1ccccc1N1C(=O)CSC1=NC(=O)NCCCc1ccc(-c2ncn(-c3ccc(OC(F)(F)F)cc3)n2)cc1. The number of amidine groups is 1. The number of aryl methyl sites for hydroxylation is 2. The summed E-state index contributed by atoms with van der Waals surface area (Å²) in [6, 6.07) is 20.2. The van der Waals surface area contributed by atoms with Crippen LogP contribution in [-0.2, 0) is 17.6 Å². The predicted molar refractivity (Wildman–Crippen MR) is 163 cm³/mol. The number of nitrogens with one attached hydrogen (secondary N) is 1. The zero-order valence-electron chi connectivity index (χ0n) is 23.8. The van der Waals surface area contributed by atoms with Gasteiger partial charge in [0.2, 0.25) is 5.91 Å². The normalized spacial score (nSPS) is 14.3. The molecule has 0 bridgehead atoms. The Morgan fingerprint density at radius 1 is 1.05 bits per heavy atom. The molecule has 5 rings (SSSR count). The van der Waals surface area contributed by atoms with Gasteiger partial charge in [0.05, 0.1) is 17.1 Å². The van der Waals surface area contributed by atoms with E-state index in [-0.39, 0.29) is 17.4 Å². The number of anilines is 1. The molecule has 4 aromatic rings. The van der Waals surface area contributed by atoms with E-state index in [0.29, 0.717) is 29.6 Å². The minimum Gasteiger partial charge on any atom is -0.406 e. The molecule has 3 aromatic carbocycles. The minimum absolute atomic E-state index is 0.0934. The first-order chi connectivity index (χ1) is 21.2. The van der Waals surface area contributed by atoms with Gasteiger partial charge >= 0.3 is 12.4 Å². The number of hydrogen-bond acceptors (Lipinski definition) is 6. The number of ether oxygens (including phenoxy) is 1. The topological polar surface area (TPSA) is 102 Å². The van der Waals surface area contributed by atoms with E-state index in [1.54, 1.807) is 0 Å². The number of rotatable bonds is 10. The number of benzene rings is 3. The fraction of sp³-hybridized carbons (Fsp3) is 0.258. The van der Waals surface area contributed by atoms with Crippen molar-refractivity contribution in [3.8, 4) is 22.8 Å². The summed E-state index contributed by atoms with van der Waals surface area (Å²) in [5, 5.41) is 7.62. The zero-order valence-corrected chi connectivity index (χ0v) is 24.6. The molecule has 13 heteroatoms. The van der Waals surface area contributed by atoms with E-state index in [2.05, 4.69) is 32.1 Å². The number of nitrogens with zero attached hydrogens (tertiary/aromatic N) is 5. The molecule has 2 heterocycles. The highest BCUT2D eigenvalue weighted by Crippen LogP contribution is 2.30. The predicted octanol–water partition coefficient (Wildman–Crippen LogP) is 6.56. The van der Waals surface area contributed by atoms with Gasteiger partial charge in [-0.05, 0) is 60.7 Å². The Morgan fingerprint density at radius 2 is 1.80 bits per heavy atom. The molecule has 1 aromatic heterocycles. The van der Waals surface area contributed by atoms with Crippen LogP contribution >= 0.6 is 11.8 Å². The van der Waals surface area contributed by atoms with E-state index < -0.39 is 12.4 Å². The lowest BCUT2D eigenvalue weighted by atomic mass is 10.1. The van der Waals surface area contributed by atoms with Gasteiger partial charge in [0.25, 0.3) is 0 Å². The van der Waals surface area contributed by atoms with E-state index in [1.165, 1.54) is 51.9 Å². The molecular formula is C31H29F3N6O3S. The first-order valence-corrected chi connectivity index (χ1v) is 15.0. The molecule has 228 valence electrons. The molecule has 1 aliphatic heterocycles. The fourth-order valence-electron chi connectivity index (χ4n) is 4.65. The molecule has 3 amide bonds. The third-order valence-corrected chi connectivity index (χ3v) is 7.60. The Morgan fingerprint density at radius 3 is 2.52 bits per heavy atom. The Bertz CT molecular complexity index is 1640. The number of halogens is 3. The number of amides is 3. The highest BCUT2D eigenvalue weighted by atomic mass is 32.2. The van der Waals surface area contributed by atoms with Crippen molar-refractivity contribution in [2.45, 2.75) is 39.0 Å². The van der Waals surface area contributed by atoms with E-state index in [1.807, 2.05) is 48.5 Å². The summed E-state index contributed by atoms with van der Waals surface area (Å²) in [5.41, 5.74) is 4.19. The van der Waals surface area contributed by atoms with Gasteiger partial charge < -0.3 is 10.1 Å². The summed E-state index contributed by atoms with van der Waals surface area (Å²) < 4.78 is 42.5. The monoisotopic (exact) mass is 622 g/mol. The Balaban J connectivity index is 1.12. The van der Waals surface area contributed by atoms with Crippen LogP contribution in [0.15, 0.2) is 84.1 Å². The molecule has 1 saturated heterocycles. The van der Waals surface area contributed by atoms with Gasteiger partial charge in [-0.1, -0.05) is 67.6 Å². The first-order valence-electron chi connectivity index (χ1n) is 14.0. The van der Waals surface area contributed by atoms with Crippen molar-refractivity contribution in [2.75, 3.05) is 17.2 Å². The Labute approximate surface area is 256 Å². The summed E-state index contributed by atoms with van der Waals surface area (Å²) in [6.45, 7) is 2.50. The number of urea groups is 1. The maximum absolute atomic E-state index is 12.6. The molecule has 0 aliphatic carbocycles. The number of thioether (sulfide) groups is 1. The lowest BCUT2D eigenvalue weighted by molar-refractivity contribution is -0.274. The third-order valence-electron chi connectivity index (χ3n) is 6.67. The molecule has 0 saturated carbocycles. The molecule has 0 atom stereocenters. The average molecular weight is 623 g/mol. The molecule has 1 fully saturated rings. The molecular weight excluding hydrogens is 593 g/mol. The molecule has 44 heavy (non-hydrogen) atoms. The highest BCUT2D eigenvalue weighted by Gasteiger charge is 2.32. The van der Waals surface area contributed by atoms with Crippen LogP contribution in [0.4, 0.5) is 23.7 Å². The van der Waals surface area contributed by atoms with Crippen LogP contribution in [0.3, 0.4) is 0 Å². The minimum atomic E-state index is -4.75. The largest absolute Gasteiger partial charge is 0.573 e. The quantitative estimate of drug-likeness (QED) is 0.201. The van der Waals surface area contributed by atoms with Crippen molar-refractivity contribution >= 4 is 34.6 Å². The number of aromatic nitrogens is 3. The van der Waals surface area contributed by atoms with Crippen molar-refractivity contribution in [3.05, 3.63) is 90.3 Å². The van der Waals surface area contributed by atoms with Crippen molar-refractivity contribution in [1.82, 2.24) is 20.1 Å². The fourth-order valence-corrected chi connectivity index (χ4v) is 5.50. The number of alkyl halides is 3. The summed E-state index contributed by atoms with van der Waals surface area (Å²) in [5.74, 6) is 0.300. The van der Waals surface area contributed by atoms with Crippen LogP contribution in [0.5, 0.6) is 5.75 Å². The van der Waals surface area contributed by atoms with E-state index in [9.17, 15) is 22.8 Å². The van der Waals surface area contributed by atoms with Crippen molar-refractivity contribution in [1.29, 1.82) is 0 Å². The Kier molecular flexibility index (Phi) is 9.63. The molecule has 0 radical (unpaired) electrons. The summed E-state index contributed by atoms with van der Waals surface area (Å²) in [7, 11) is 0. The van der Waals surface area contributed by atoms with Crippen molar-refractivity contribution in [3.63, 3.8) is 0 Å². The number of aliphatic imine (C=N–C) groups is 1. The highest BCUT2D eigenvalue weighted by molar-refractivity contribution is 8.15. The second kappa shape index (κ2) is 13.8. The second-order valence-electron chi connectivity index (χ2n) is 9.88. The van der Waals surface area contributed by atoms with Crippen molar-refractivity contribution < 1.29 is 27.5 Å². The van der Waals surface area contributed by atoms with Crippen LogP contribution in [0.1, 0.15) is 30.9 Å². The van der Waals surface area contributed by atoms with Gasteiger partial charge in [-0.15, -0.1) is 18.3 Å². The van der Waals surface area contributed by atoms with Gasteiger partial charge in [-0.3, -0.25) is 9.69 Å². The van der Waals surface area contributed by atoms with Crippen molar-refractivity contribution in [2.24, 2.45) is 4.99 Å². The number of carbonyl (C=O) groups is 2. The third kappa shape index (κ3) is 7.84. The molecule has 1 N–H and O–H groups in total. The molecule has 0 unspecified atom stereocenters. The van der Waals surface area contributed by atoms with Gasteiger partial charge in [-0.25, -0.2) is 14.5 Å². The lowest BCUT2D eigenvalue weighted by Crippen LogP contribution is -2.32. The molecule has 9 nitrogen and oxygen atoms in total. The second-order valence-corrected chi connectivity index (χ2v) is 10.8. The van der Waals surface area contributed by atoms with Crippen LogP contribution in [0.25, 0.3) is 17.1 Å². The van der Waals surface area contributed by atoms with E-state index >= 15 is 0 Å². The van der Waals surface area contributed by atoms with Gasteiger partial charge in [0, 0.05) is 12.1 Å². The zero-order chi connectivity index (χ0) is 31.1. The lowest BCUT2D eigenvalue weighted by Gasteiger charge is -2.19. The van der Waals surface area contributed by atoms with Crippen LogP contribution in [0.2, 0.25) is 0 Å². The van der Waals surface area contributed by atoms with E-state index in [4.69, 9.17) is 0 Å². The van der Waals surface area contributed by atoms with Gasteiger partial charge in [-0.2, -0.15) is 4.99 Å². The smallest absolute Gasteiger partial charge is 0.406 e. The first kappa shape index (κ1) is 30.8. The number of para-hydroxylation sites is 1. The van der Waals surface area contributed by atoms with Gasteiger partial charge in [0.15, 0.2) is 11.0 Å². The molecule has 0 spiro atoms. The summed E-state index contributed by atoms with van der Waals surface area (Å²) >= 11 is 1.26. The maximum atomic E-state index is 12.6. The average Bonchev–Trinajstić information content (AvgIpc) is 3.63. The van der Waals surface area contributed by atoms with Crippen LogP contribution < -0.4 is 15.0 Å². The van der Waals surface area contributed by atoms with E-state index in [0.717, 1.165) is 41.6 Å².